The van der Waals surface area contributed by atoms with Gasteiger partial charge in [-0.3, -0.25) is 19.2 Å². The van der Waals surface area contributed by atoms with Crippen molar-refractivity contribution in [1.82, 2.24) is 19.8 Å². The molecule has 0 saturated heterocycles. The Hall–Kier alpha value is -2.33. The van der Waals surface area contributed by atoms with Crippen LogP contribution in [-0.2, 0) is 45.7 Å². The van der Waals surface area contributed by atoms with Crippen LogP contribution in [0.5, 0.6) is 0 Å². The number of nitrogens with zero attached hydrogens (tertiary/aromatic N) is 4. The van der Waals surface area contributed by atoms with Crippen molar-refractivity contribution >= 4 is 41.6 Å². The van der Waals surface area contributed by atoms with Gasteiger partial charge in [-0.2, -0.15) is 10.2 Å². The van der Waals surface area contributed by atoms with E-state index in [1.165, 1.54) is 0 Å². The summed E-state index contributed by atoms with van der Waals surface area (Å²) in [5.74, 6) is -1.39. The molecule has 16 nitrogen and oxygen atoms in total. The molecule has 0 aromatic heterocycles. The average Bonchev–Trinajstić information content (AvgIpc) is 3.18. The lowest BCUT2D eigenvalue weighted by Crippen LogP contribution is -2.64. The highest BCUT2D eigenvalue weighted by Gasteiger charge is 2.53. The molecule has 328 valence electrons. The predicted octanol–water partition coefficient (Wildman–Crippen LogP) is 5.92. The summed E-state index contributed by atoms with van der Waals surface area (Å²) in [6.07, 6.45) is 5.80. The zero-order valence-electron chi connectivity index (χ0n) is 37.0. The zero-order chi connectivity index (χ0) is 42.7. The molecule has 0 saturated carbocycles. The van der Waals surface area contributed by atoms with E-state index in [0.29, 0.717) is 65.6 Å². The van der Waals surface area contributed by atoms with Gasteiger partial charge in [0.25, 0.3) is 0 Å². The summed E-state index contributed by atoms with van der Waals surface area (Å²) in [4.78, 5) is 53.8. The molecule has 56 heavy (non-hydrogen) atoms. The van der Waals surface area contributed by atoms with Gasteiger partial charge in [-0.15, -0.1) is 0 Å². The smallest absolute Gasteiger partial charge is 0.356 e. The van der Waals surface area contributed by atoms with Gasteiger partial charge in [0.05, 0.1) is 0 Å². The minimum Gasteiger partial charge on any atom is -0.356 e. The lowest BCUT2D eigenvalue weighted by atomic mass is 10.0. The Labute approximate surface area is 340 Å². The Morgan fingerprint density at radius 2 is 0.714 bits per heavy atom. The van der Waals surface area contributed by atoms with Gasteiger partial charge >= 0.3 is 17.9 Å². The van der Waals surface area contributed by atoms with E-state index in [4.69, 9.17) is 26.6 Å². The summed E-state index contributed by atoms with van der Waals surface area (Å²) in [6, 6.07) is 0. The van der Waals surface area contributed by atoms with Gasteiger partial charge in [0, 0.05) is 78.7 Å². The molecule has 0 bridgehead atoms. The van der Waals surface area contributed by atoms with Gasteiger partial charge < -0.3 is 46.3 Å². The van der Waals surface area contributed by atoms with Crippen LogP contribution in [0.4, 0.5) is 0 Å². The Balaban J connectivity index is 5.66. The number of hydrogen-bond acceptors (Lipinski definition) is 12. The normalized spacial score (nSPS) is 12.6. The van der Waals surface area contributed by atoms with E-state index < -0.39 is 40.8 Å². The first kappa shape index (κ1) is 53.7. The largest absolute Gasteiger partial charge is 0.635 e. The minimum atomic E-state index is -3.52. The molecule has 0 radical (unpaired) electrons. The summed E-state index contributed by atoms with van der Waals surface area (Å²) >= 11 is 0. The highest BCUT2D eigenvalue weighted by Crippen LogP contribution is 2.22. The first-order valence-corrected chi connectivity index (χ1v) is 24.4. The molecule has 0 aliphatic heterocycles. The van der Waals surface area contributed by atoms with Crippen LogP contribution < -0.4 is 10.6 Å². The van der Waals surface area contributed by atoms with Crippen LogP contribution in [0.15, 0.2) is 10.2 Å². The molecule has 2 N–H and O–H groups in total. The first-order chi connectivity index (χ1) is 26.6. The molecule has 18 heteroatoms. The Morgan fingerprint density at radius 3 is 0.929 bits per heavy atom. The fourth-order valence-electron chi connectivity index (χ4n) is 4.99. The molecule has 0 aliphatic rings. The Kier molecular flexibility index (Phi) is 27.8. The van der Waals surface area contributed by atoms with Gasteiger partial charge in [-0.05, 0) is 79.1 Å². The maximum absolute atomic E-state index is 13.6. The van der Waals surface area contributed by atoms with Crippen LogP contribution in [0.2, 0.25) is 0 Å². The minimum absolute atomic E-state index is 0.000265. The third kappa shape index (κ3) is 18.5. The summed E-state index contributed by atoms with van der Waals surface area (Å²) in [6.45, 7) is 25.5. The number of amides is 4. The van der Waals surface area contributed by atoms with Crippen LogP contribution in [0, 0.1) is 0 Å². The van der Waals surface area contributed by atoms with Crippen molar-refractivity contribution in [2.24, 2.45) is 10.2 Å². The van der Waals surface area contributed by atoms with Gasteiger partial charge in [-0.25, -0.2) is 0 Å². The summed E-state index contributed by atoms with van der Waals surface area (Å²) < 4.78 is 40.5. The van der Waals surface area contributed by atoms with Crippen molar-refractivity contribution < 1.29 is 45.7 Å². The molecular formula is C38H78N6O10Si2. The van der Waals surface area contributed by atoms with Crippen molar-refractivity contribution in [3.8, 4) is 0 Å². The number of rotatable bonds is 34. The van der Waals surface area contributed by atoms with Crippen LogP contribution in [0.3, 0.4) is 0 Å². The summed E-state index contributed by atoms with van der Waals surface area (Å²) in [5, 5.41) is 14.1. The van der Waals surface area contributed by atoms with E-state index in [2.05, 4.69) is 20.9 Å². The van der Waals surface area contributed by atoms with Gasteiger partial charge in [-0.1, -0.05) is 55.4 Å². The van der Waals surface area contributed by atoms with E-state index >= 15 is 0 Å². The molecule has 0 spiro atoms. The van der Waals surface area contributed by atoms with Gasteiger partial charge in [0.15, 0.2) is 11.1 Å². The van der Waals surface area contributed by atoms with Crippen LogP contribution >= 0.6 is 0 Å². The summed E-state index contributed by atoms with van der Waals surface area (Å²) in [7, 11) is -7.03. The van der Waals surface area contributed by atoms with Crippen LogP contribution in [0.1, 0.15) is 147 Å². The molecule has 4 amide bonds. The van der Waals surface area contributed by atoms with E-state index in [9.17, 15) is 19.2 Å². The van der Waals surface area contributed by atoms with Gasteiger partial charge in [0.1, 0.15) is 0 Å². The molecule has 0 fully saturated rings. The maximum Gasteiger partial charge on any atom is 0.635 e. The third-order valence-electron chi connectivity index (χ3n) is 8.00. The van der Waals surface area contributed by atoms with E-state index in [1.807, 2.05) is 55.4 Å². The van der Waals surface area contributed by atoms with Crippen molar-refractivity contribution in [3.63, 3.8) is 0 Å². The van der Waals surface area contributed by atoms with E-state index in [1.54, 1.807) is 36.8 Å². The first-order valence-electron chi connectivity index (χ1n) is 21.0. The molecule has 0 atom stereocenters. The Morgan fingerprint density at radius 1 is 0.464 bits per heavy atom. The summed E-state index contributed by atoms with van der Waals surface area (Å²) in [5.41, 5.74) is -2.69. The number of nitrogens with one attached hydrogen (secondary N) is 2. The fourth-order valence-corrected chi connectivity index (χ4v) is 11.0. The Bertz CT molecular complexity index is 1030. The molecular weight excluding hydrogens is 757 g/mol. The molecule has 0 aliphatic carbocycles. The monoisotopic (exact) mass is 835 g/mol. The number of carbonyl (C=O) groups excluding carboxylic acids is 4. The third-order valence-corrected chi connectivity index (χ3v) is 13.7. The topological polar surface area (TPSA) is 179 Å². The second-order valence-electron chi connectivity index (χ2n) is 14.6. The van der Waals surface area contributed by atoms with E-state index in [0.717, 1.165) is 38.5 Å². The molecule has 0 unspecified atom stereocenters. The van der Waals surface area contributed by atoms with Crippen molar-refractivity contribution in [3.05, 3.63) is 0 Å². The SMILES string of the molecule is CCCO[Si](OCCC)(OCCC)N(CCC)C(=O)CCNC(=O)C(C)(C)N=NC(C)(C)C(=O)NCCC(=O)N(CCC)[Si](OCCC)(OCCC)OCCC. The highest BCUT2D eigenvalue weighted by molar-refractivity contribution is 6.61. The average molecular weight is 835 g/mol. The van der Waals surface area contributed by atoms with Crippen LogP contribution in [0.25, 0.3) is 0 Å². The number of carbonyl (C=O) groups is 4. The molecule has 0 aromatic carbocycles. The molecule has 0 heterocycles. The number of azo groups is 1. The molecule has 0 aromatic rings. The zero-order valence-corrected chi connectivity index (χ0v) is 39.0. The fraction of sp³-hybridized carbons (Fsp3) is 0.895. The second kappa shape index (κ2) is 29.0. The van der Waals surface area contributed by atoms with Crippen molar-refractivity contribution in [2.45, 2.75) is 158 Å². The van der Waals surface area contributed by atoms with Gasteiger partial charge in [0.2, 0.25) is 23.6 Å². The standard InChI is InChI=1S/C38H78N6O10Si2/c1-13-25-43(55(49-27-15-3,50-28-16-4)51-29-17-5)33(45)21-23-39-35(47)37(9,10)41-42-38(11,12)36(48)40-24-22-34(46)44(26-14-2)56(52-30-18-6,53-31-19-7)54-32-20-8/h13-32H2,1-12H3,(H,39,47)(H,40,48). The van der Waals surface area contributed by atoms with Crippen molar-refractivity contribution in [2.75, 3.05) is 65.8 Å². The maximum atomic E-state index is 13.6. The van der Waals surface area contributed by atoms with Crippen molar-refractivity contribution in [1.29, 1.82) is 0 Å². The molecule has 0 rings (SSSR count). The van der Waals surface area contributed by atoms with E-state index in [-0.39, 0.29) is 37.7 Å². The lowest BCUT2D eigenvalue weighted by molar-refractivity contribution is -0.134. The second-order valence-corrected chi connectivity index (χ2v) is 19.5. The lowest BCUT2D eigenvalue weighted by Gasteiger charge is -2.38. The van der Waals surface area contributed by atoms with Crippen LogP contribution in [-0.4, -0.2) is 128 Å². The predicted molar refractivity (Wildman–Crippen MR) is 221 cm³/mol. The number of hydrogen-bond donors (Lipinski definition) is 2. The quantitative estimate of drug-likeness (QED) is 0.0585. The highest BCUT2D eigenvalue weighted by atomic mass is 28.4.